The maximum Gasteiger partial charge on any atom is 0.337 e. The van der Waals surface area contributed by atoms with Gasteiger partial charge in [-0.3, -0.25) is 9.36 Å². The highest BCUT2D eigenvalue weighted by Gasteiger charge is 2.25. The molecule has 8 heteroatoms. The van der Waals surface area contributed by atoms with Crippen molar-refractivity contribution in [1.29, 1.82) is 0 Å². The number of carbonyl (C=O) groups is 1. The van der Waals surface area contributed by atoms with Gasteiger partial charge >= 0.3 is 11.7 Å². The zero-order valence-electron chi connectivity index (χ0n) is 18.1. The summed E-state index contributed by atoms with van der Waals surface area (Å²) in [5, 5.41) is 0. The maximum absolute atomic E-state index is 13.4. The Hall–Kier alpha value is -3.16. The fraction of sp³-hybridized carbons (Fsp3) is 0.455. The lowest BCUT2D eigenvalue weighted by molar-refractivity contribution is -0.146. The molecule has 0 spiro atoms. The Balaban J connectivity index is 2.35. The van der Waals surface area contributed by atoms with Crippen LogP contribution in [0.3, 0.4) is 0 Å². The largest absolute Gasteiger partial charge is 0.464 e. The van der Waals surface area contributed by atoms with E-state index in [0.29, 0.717) is 18.0 Å². The van der Waals surface area contributed by atoms with Crippen molar-refractivity contribution in [1.82, 2.24) is 18.7 Å². The molecule has 0 aliphatic carbocycles. The number of hydrogen-bond donors (Lipinski definition) is 0. The maximum atomic E-state index is 13.4. The topological polar surface area (TPSA) is 88.1 Å². The highest BCUT2D eigenvalue weighted by molar-refractivity contribution is 5.79. The van der Waals surface area contributed by atoms with Crippen molar-refractivity contribution in [2.24, 2.45) is 5.92 Å². The first-order valence-corrected chi connectivity index (χ1v) is 10.2. The predicted molar refractivity (Wildman–Crippen MR) is 115 cm³/mol. The Morgan fingerprint density at radius 1 is 1.17 bits per heavy atom. The van der Waals surface area contributed by atoms with Crippen LogP contribution in [0, 0.1) is 12.8 Å². The van der Waals surface area contributed by atoms with Gasteiger partial charge in [-0.05, 0) is 44.7 Å². The second-order valence-corrected chi connectivity index (χ2v) is 7.80. The number of rotatable bonds is 7. The minimum Gasteiger partial charge on any atom is -0.464 e. The number of para-hydroxylation sites is 1. The summed E-state index contributed by atoms with van der Waals surface area (Å²) in [7, 11) is 0. The molecule has 0 unspecified atom stereocenters. The van der Waals surface area contributed by atoms with E-state index >= 15 is 0 Å². The van der Waals surface area contributed by atoms with Gasteiger partial charge in [0.2, 0.25) is 0 Å². The van der Waals surface area contributed by atoms with Gasteiger partial charge in [-0.1, -0.05) is 32.0 Å². The summed E-state index contributed by atoms with van der Waals surface area (Å²) < 4.78 is 9.31. The number of aryl methyl sites for hydroxylation is 1. The van der Waals surface area contributed by atoms with Crippen molar-refractivity contribution in [3.05, 3.63) is 57.0 Å². The lowest BCUT2D eigenvalue weighted by Crippen LogP contribution is -2.41. The molecule has 1 atom stereocenters. The lowest BCUT2D eigenvalue weighted by atomic mass is 10.1. The van der Waals surface area contributed by atoms with Gasteiger partial charge in [-0.15, -0.1) is 0 Å². The zero-order chi connectivity index (χ0) is 22.0. The van der Waals surface area contributed by atoms with Gasteiger partial charge in [0.05, 0.1) is 18.6 Å². The number of nitrogens with zero attached hydrogens (tertiary/aromatic N) is 4. The molecule has 8 nitrogen and oxygen atoms in total. The smallest absolute Gasteiger partial charge is 0.337 e. The monoisotopic (exact) mass is 412 g/mol. The van der Waals surface area contributed by atoms with Crippen molar-refractivity contribution >= 4 is 17.1 Å². The first-order chi connectivity index (χ1) is 14.3. The van der Waals surface area contributed by atoms with Crippen LogP contribution >= 0.6 is 0 Å². The van der Waals surface area contributed by atoms with Crippen LogP contribution in [0.15, 0.2) is 40.2 Å². The fourth-order valence-electron chi connectivity index (χ4n) is 3.43. The average molecular weight is 412 g/mol. The van der Waals surface area contributed by atoms with Gasteiger partial charge in [0, 0.05) is 6.54 Å². The van der Waals surface area contributed by atoms with Gasteiger partial charge < -0.3 is 9.30 Å². The third kappa shape index (κ3) is 3.81. The van der Waals surface area contributed by atoms with Gasteiger partial charge in [-0.2, -0.15) is 0 Å². The molecule has 0 radical (unpaired) electrons. The lowest BCUT2D eigenvalue weighted by Gasteiger charge is -2.16. The van der Waals surface area contributed by atoms with Crippen molar-refractivity contribution in [3.63, 3.8) is 0 Å². The van der Waals surface area contributed by atoms with Crippen LogP contribution < -0.4 is 11.2 Å². The third-order valence-corrected chi connectivity index (χ3v) is 5.19. The van der Waals surface area contributed by atoms with E-state index in [0.717, 1.165) is 5.56 Å². The van der Waals surface area contributed by atoms with Gasteiger partial charge in [0.25, 0.3) is 5.56 Å². The van der Waals surface area contributed by atoms with E-state index in [4.69, 9.17) is 4.74 Å². The molecule has 2 heterocycles. The Morgan fingerprint density at radius 3 is 2.50 bits per heavy atom. The quantitative estimate of drug-likeness (QED) is 0.557. The van der Waals surface area contributed by atoms with E-state index in [-0.39, 0.29) is 24.3 Å². The molecule has 3 rings (SSSR count). The number of ether oxygens (including phenoxy) is 1. The molecule has 0 N–H and O–H groups in total. The summed E-state index contributed by atoms with van der Waals surface area (Å²) in [4.78, 5) is 43.4. The van der Waals surface area contributed by atoms with Crippen LogP contribution in [-0.2, 0) is 16.1 Å². The Kier molecular flexibility index (Phi) is 6.24. The molecule has 0 aliphatic rings. The minimum atomic E-state index is -0.746. The molecule has 30 heavy (non-hydrogen) atoms. The van der Waals surface area contributed by atoms with E-state index in [2.05, 4.69) is 4.98 Å². The molecule has 1 aromatic carbocycles. The van der Waals surface area contributed by atoms with Crippen molar-refractivity contribution < 1.29 is 9.53 Å². The molecule has 0 bridgehead atoms. The Bertz CT molecular complexity index is 1190. The minimum absolute atomic E-state index is 0.210. The third-order valence-electron chi connectivity index (χ3n) is 5.19. The average Bonchev–Trinajstić information content (AvgIpc) is 3.13. The van der Waals surface area contributed by atoms with Crippen molar-refractivity contribution in [3.8, 4) is 5.69 Å². The van der Waals surface area contributed by atoms with Gasteiger partial charge in [0.15, 0.2) is 11.2 Å². The summed E-state index contributed by atoms with van der Waals surface area (Å²) in [6, 6.07) is 6.69. The molecule has 0 fully saturated rings. The number of aromatic nitrogens is 4. The number of hydrogen-bond acceptors (Lipinski definition) is 5. The first kappa shape index (κ1) is 21.5. The number of fused-ring (bicyclic) bond motifs is 1. The van der Waals surface area contributed by atoms with Crippen LogP contribution in [0.5, 0.6) is 0 Å². The number of esters is 1. The molecular weight excluding hydrogens is 384 g/mol. The highest BCUT2D eigenvalue weighted by atomic mass is 16.5. The van der Waals surface area contributed by atoms with E-state index in [1.54, 1.807) is 13.8 Å². The fourth-order valence-corrected chi connectivity index (χ4v) is 3.43. The molecule has 0 saturated carbocycles. The van der Waals surface area contributed by atoms with Gasteiger partial charge in [-0.25, -0.2) is 19.1 Å². The summed E-state index contributed by atoms with van der Waals surface area (Å²) in [5.41, 5.74) is 1.09. The van der Waals surface area contributed by atoms with E-state index in [1.807, 2.05) is 45.0 Å². The first-order valence-electron chi connectivity index (χ1n) is 10.2. The molecular formula is C22H28N4O4. The Labute approximate surface area is 174 Å². The van der Waals surface area contributed by atoms with E-state index in [1.165, 1.54) is 20.0 Å². The highest BCUT2D eigenvalue weighted by Crippen LogP contribution is 2.19. The number of carbonyl (C=O) groups excluding carboxylic acids is 1. The van der Waals surface area contributed by atoms with Crippen LogP contribution in [0.25, 0.3) is 16.9 Å². The molecule has 0 saturated heterocycles. The summed E-state index contributed by atoms with van der Waals surface area (Å²) in [6.45, 7) is 9.88. The molecule has 3 aromatic rings. The molecule has 0 amide bonds. The zero-order valence-corrected chi connectivity index (χ0v) is 18.1. The van der Waals surface area contributed by atoms with Gasteiger partial charge in [0.1, 0.15) is 6.04 Å². The molecule has 2 aromatic heterocycles. The summed E-state index contributed by atoms with van der Waals surface area (Å²) in [6.07, 6.45) is 2.10. The SMILES string of the molecule is CCOC(=O)[C@H](C)n1cnc2c1c(=O)n(CCC(C)C)c(=O)n2-c1ccccc1C. The normalized spacial score (nSPS) is 12.5. The van der Waals surface area contributed by atoms with Crippen molar-refractivity contribution in [2.75, 3.05) is 6.61 Å². The molecule has 0 aliphatic heterocycles. The standard InChI is InChI=1S/C22H28N4O4/c1-6-30-21(28)16(5)25-13-23-19-18(25)20(27)24(12-11-14(2)3)22(29)26(19)17-10-8-7-9-15(17)4/h7-10,13-14,16H,6,11-12H2,1-5H3/t16-/m0/s1. The van der Waals surface area contributed by atoms with Crippen LogP contribution in [0.2, 0.25) is 0 Å². The second kappa shape index (κ2) is 8.69. The summed E-state index contributed by atoms with van der Waals surface area (Å²) >= 11 is 0. The van der Waals surface area contributed by atoms with Crippen molar-refractivity contribution in [2.45, 2.75) is 53.6 Å². The number of benzene rings is 1. The van der Waals surface area contributed by atoms with E-state index < -0.39 is 23.3 Å². The van der Waals surface area contributed by atoms with Crippen LogP contribution in [0.4, 0.5) is 0 Å². The van der Waals surface area contributed by atoms with Crippen LogP contribution in [0.1, 0.15) is 45.7 Å². The second-order valence-electron chi connectivity index (χ2n) is 7.80. The number of imidazole rings is 1. The predicted octanol–water partition coefficient (Wildman–Crippen LogP) is 2.83. The Morgan fingerprint density at radius 2 is 1.87 bits per heavy atom. The molecule has 160 valence electrons. The van der Waals surface area contributed by atoms with Crippen LogP contribution in [-0.4, -0.2) is 31.3 Å². The summed E-state index contributed by atoms with van der Waals surface area (Å²) in [5.74, 6) is -0.138. The van der Waals surface area contributed by atoms with E-state index in [9.17, 15) is 14.4 Å².